The lowest BCUT2D eigenvalue weighted by atomic mass is 9.91. The van der Waals surface area contributed by atoms with Crippen molar-refractivity contribution in [3.8, 4) is 0 Å². The van der Waals surface area contributed by atoms with Crippen molar-refractivity contribution in [3.63, 3.8) is 0 Å². The molecule has 0 bridgehead atoms. The number of halogens is 2. The van der Waals surface area contributed by atoms with E-state index in [1.807, 2.05) is 0 Å². The minimum Gasteiger partial charge on any atom is -0.460 e. The Labute approximate surface area is 138 Å². The highest BCUT2D eigenvalue weighted by atomic mass is 32.2. The second-order valence-electron chi connectivity index (χ2n) is 6.25. The highest BCUT2D eigenvalue weighted by Gasteiger charge is 2.83. The van der Waals surface area contributed by atoms with Crippen molar-refractivity contribution in [3.05, 3.63) is 35.9 Å². The second kappa shape index (κ2) is 5.75. The molecule has 2 N–H and O–H groups in total. The van der Waals surface area contributed by atoms with Crippen LogP contribution < -0.4 is 5.14 Å². The third kappa shape index (κ3) is 2.80. The number of esters is 1. The summed E-state index contributed by atoms with van der Waals surface area (Å²) >= 11 is 0. The summed E-state index contributed by atoms with van der Waals surface area (Å²) in [5.74, 6) is -5.63. The lowest BCUT2D eigenvalue weighted by Crippen LogP contribution is -2.44. The van der Waals surface area contributed by atoms with Crippen molar-refractivity contribution in [2.75, 3.05) is 13.1 Å². The number of carbonyl (C=O) groups excluding carboxylic acids is 1. The highest BCUT2D eigenvalue weighted by Crippen LogP contribution is 2.71. The molecule has 0 amide bonds. The van der Waals surface area contributed by atoms with Gasteiger partial charge in [-0.25, -0.2) is 13.9 Å². The average Bonchev–Trinajstić information content (AvgIpc) is 2.99. The van der Waals surface area contributed by atoms with Gasteiger partial charge in [-0.05, 0) is 18.4 Å². The van der Waals surface area contributed by atoms with Gasteiger partial charge in [0.2, 0.25) is 0 Å². The fraction of sp³-hybridized carbons (Fsp3) is 0.533. The van der Waals surface area contributed by atoms with Crippen LogP contribution in [0, 0.1) is 11.3 Å². The third-order valence-corrected chi connectivity index (χ3v) is 6.01. The molecule has 1 spiro atoms. The zero-order valence-corrected chi connectivity index (χ0v) is 13.6. The minimum absolute atomic E-state index is 0.0639. The summed E-state index contributed by atoms with van der Waals surface area (Å²) in [6.45, 7) is -0.292. The lowest BCUT2D eigenvalue weighted by Gasteiger charge is -2.30. The summed E-state index contributed by atoms with van der Waals surface area (Å²) in [7, 11) is -3.90. The van der Waals surface area contributed by atoms with Gasteiger partial charge in [0, 0.05) is 13.1 Å². The zero-order chi connectivity index (χ0) is 17.6. The number of hydrogen-bond donors (Lipinski definition) is 1. The smallest absolute Gasteiger partial charge is 0.316 e. The summed E-state index contributed by atoms with van der Waals surface area (Å²) in [6.07, 6.45) is -0.219. The Balaban J connectivity index is 1.64. The van der Waals surface area contributed by atoms with E-state index in [1.165, 1.54) is 0 Å². The maximum atomic E-state index is 14.2. The lowest BCUT2D eigenvalue weighted by molar-refractivity contribution is -0.149. The van der Waals surface area contributed by atoms with Crippen LogP contribution in [-0.4, -0.2) is 37.7 Å². The quantitative estimate of drug-likeness (QED) is 0.819. The van der Waals surface area contributed by atoms with Gasteiger partial charge in [-0.1, -0.05) is 30.3 Å². The first-order valence-corrected chi connectivity index (χ1v) is 9.05. The molecule has 1 aliphatic heterocycles. The first-order valence-electron chi connectivity index (χ1n) is 7.55. The van der Waals surface area contributed by atoms with Crippen LogP contribution in [0.5, 0.6) is 0 Å². The molecule has 24 heavy (non-hydrogen) atoms. The maximum absolute atomic E-state index is 14.2. The van der Waals surface area contributed by atoms with Gasteiger partial charge in [-0.3, -0.25) is 4.79 Å². The number of benzene rings is 1. The molecule has 3 rings (SSSR count). The molecule has 1 saturated carbocycles. The molecule has 2 aliphatic rings. The zero-order valence-electron chi connectivity index (χ0n) is 12.8. The van der Waals surface area contributed by atoms with E-state index < -0.39 is 33.4 Å². The van der Waals surface area contributed by atoms with Gasteiger partial charge in [0.1, 0.15) is 12.5 Å². The molecule has 6 nitrogen and oxygen atoms in total. The molecule has 0 unspecified atom stereocenters. The molecule has 0 radical (unpaired) electrons. The van der Waals surface area contributed by atoms with Crippen LogP contribution in [0.1, 0.15) is 18.4 Å². The van der Waals surface area contributed by atoms with Crippen molar-refractivity contribution >= 4 is 16.2 Å². The van der Waals surface area contributed by atoms with E-state index in [4.69, 9.17) is 9.88 Å². The maximum Gasteiger partial charge on any atom is 0.316 e. The standard InChI is InChI=1S/C15H18F2N2O4S/c16-15(17)12(13(20)23-10-11-4-2-1-3-5-11)14(15)6-8-19(9-7-14)24(18,21)22/h1-5,12H,6-10H2,(H2,18,21,22)/t12-/m1/s1. The number of piperidine rings is 1. The van der Waals surface area contributed by atoms with E-state index in [1.54, 1.807) is 30.3 Å². The molecule has 1 heterocycles. The fourth-order valence-electron chi connectivity index (χ4n) is 3.46. The van der Waals surface area contributed by atoms with Gasteiger partial charge < -0.3 is 4.74 Å². The summed E-state index contributed by atoms with van der Waals surface area (Å²) in [5.41, 5.74) is -0.796. The van der Waals surface area contributed by atoms with E-state index >= 15 is 0 Å². The van der Waals surface area contributed by atoms with Crippen LogP contribution in [-0.2, 0) is 26.3 Å². The molecular weight excluding hydrogens is 342 g/mol. The first-order chi connectivity index (χ1) is 11.2. The van der Waals surface area contributed by atoms with Gasteiger partial charge in [0.05, 0.1) is 5.41 Å². The average molecular weight is 360 g/mol. The molecule has 1 aromatic carbocycles. The van der Waals surface area contributed by atoms with Gasteiger partial charge >= 0.3 is 5.97 Å². The molecule has 1 saturated heterocycles. The molecule has 132 valence electrons. The summed E-state index contributed by atoms with van der Waals surface area (Å²) in [6, 6.07) is 8.80. The topological polar surface area (TPSA) is 89.7 Å². The Hall–Kier alpha value is -1.58. The number of nitrogens with zero attached hydrogens (tertiary/aromatic N) is 1. The minimum atomic E-state index is -3.90. The number of nitrogens with two attached hydrogens (primary N) is 1. The second-order valence-corrected chi connectivity index (χ2v) is 7.80. The van der Waals surface area contributed by atoms with Crippen LogP contribution >= 0.6 is 0 Å². The predicted molar refractivity (Wildman–Crippen MR) is 81.0 cm³/mol. The summed E-state index contributed by atoms with van der Waals surface area (Å²) in [5, 5.41) is 5.01. The summed E-state index contributed by atoms with van der Waals surface area (Å²) < 4.78 is 57.0. The normalized spacial score (nSPS) is 25.4. The fourth-order valence-corrected chi connectivity index (χ4v) is 4.15. The van der Waals surface area contributed by atoms with E-state index in [0.29, 0.717) is 5.56 Å². The molecule has 2 fully saturated rings. The van der Waals surface area contributed by atoms with Gasteiger partial charge in [0.15, 0.2) is 0 Å². The van der Waals surface area contributed by atoms with Crippen LogP contribution in [0.2, 0.25) is 0 Å². The Bertz CT molecular complexity index is 731. The largest absolute Gasteiger partial charge is 0.460 e. The van der Waals surface area contributed by atoms with Crippen LogP contribution in [0.3, 0.4) is 0 Å². The number of alkyl halides is 2. The molecule has 1 aliphatic carbocycles. The molecule has 0 aromatic heterocycles. The van der Waals surface area contributed by atoms with E-state index in [-0.39, 0.29) is 32.5 Å². The van der Waals surface area contributed by atoms with Crippen LogP contribution in [0.4, 0.5) is 8.78 Å². The molecule has 1 aromatic rings. The van der Waals surface area contributed by atoms with E-state index in [2.05, 4.69) is 0 Å². The number of ether oxygens (including phenoxy) is 1. The first kappa shape index (κ1) is 17.2. The van der Waals surface area contributed by atoms with Crippen molar-refractivity contribution in [2.45, 2.75) is 25.4 Å². The third-order valence-electron chi connectivity index (χ3n) is 4.93. The number of carbonyl (C=O) groups is 1. The van der Waals surface area contributed by atoms with Crippen molar-refractivity contribution < 1.29 is 26.7 Å². The Morgan fingerprint density at radius 2 is 1.83 bits per heavy atom. The Morgan fingerprint density at radius 3 is 2.38 bits per heavy atom. The predicted octanol–water partition coefficient (Wildman–Crippen LogP) is 1.28. The Kier molecular flexibility index (Phi) is 4.13. The van der Waals surface area contributed by atoms with Gasteiger partial charge in [-0.15, -0.1) is 0 Å². The number of hydrogen-bond acceptors (Lipinski definition) is 4. The van der Waals surface area contributed by atoms with E-state index in [0.717, 1.165) is 4.31 Å². The van der Waals surface area contributed by atoms with Crippen LogP contribution in [0.25, 0.3) is 0 Å². The Morgan fingerprint density at radius 1 is 1.25 bits per heavy atom. The van der Waals surface area contributed by atoms with Crippen LogP contribution in [0.15, 0.2) is 30.3 Å². The summed E-state index contributed by atoms with van der Waals surface area (Å²) in [4.78, 5) is 12.1. The SMILES string of the molecule is NS(=O)(=O)N1CCC2(CC1)[C@@H](C(=O)OCc1ccccc1)C2(F)F. The number of rotatable bonds is 4. The van der Waals surface area contributed by atoms with Crippen molar-refractivity contribution in [2.24, 2.45) is 16.5 Å². The molecule has 9 heteroatoms. The monoisotopic (exact) mass is 360 g/mol. The van der Waals surface area contributed by atoms with Crippen molar-refractivity contribution in [1.29, 1.82) is 0 Å². The van der Waals surface area contributed by atoms with E-state index in [9.17, 15) is 22.0 Å². The molecular formula is C15H18F2N2O4S. The van der Waals surface area contributed by atoms with Gasteiger partial charge in [-0.2, -0.15) is 12.7 Å². The molecule has 1 atom stereocenters. The van der Waals surface area contributed by atoms with Gasteiger partial charge in [0.25, 0.3) is 16.1 Å². The van der Waals surface area contributed by atoms with Crippen molar-refractivity contribution in [1.82, 2.24) is 4.31 Å². The highest BCUT2D eigenvalue weighted by molar-refractivity contribution is 7.86.